The molecule has 6 nitrogen and oxygen atoms in total. The summed E-state index contributed by atoms with van der Waals surface area (Å²) in [5.74, 6) is -0.0513. The van der Waals surface area contributed by atoms with Gasteiger partial charge in [0.05, 0.1) is 24.6 Å². The van der Waals surface area contributed by atoms with Crippen molar-refractivity contribution in [1.82, 2.24) is 9.91 Å². The van der Waals surface area contributed by atoms with Gasteiger partial charge in [0, 0.05) is 32.7 Å². The van der Waals surface area contributed by atoms with Crippen molar-refractivity contribution in [2.75, 3.05) is 51.6 Å². The Kier molecular flexibility index (Phi) is 4.24. The Balaban J connectivity index is 2.08. The van der Waals surface area contributed by atoms with Gasteiger partial charge in [0.2, 0.25) is 0 Å². The number of nitrogen functional groups attached to an aromatic ring is 1. The van der Waals surface area contributed by atoms with Crippen LogP contribution in [0.4, 0.5) is 11.4 Å². The van der Waals surface area contributed by atoms with E-state index in [9.17, 15) is 4.79 Å². The van der Waals surface area contributed by atoms with Gasteiger partial charge in [0.15, 0.2) is 0 Å². The van der Waals surface area contributed by atoms with E-state index in [0.29, 0.717) is 24.5 Å². The summed E-state index contributed by atoms with van der Waals surface area (Å²) in [7, 11) is 3.44. The first-order valence-corrected chi connectivity index (χ1v) is 6.28. The standard InChI is InChI=1S/C13H20N4O2/c1-16(2)13(18)10-3-4-12(11(14)9-10)15-17-5-7-19-8-6-17/h3-4,9,15H,5-8,14H2,1-2H3. The summed E-state index contributed by atoms with van der Waals surface area (Å²) in [4.78, 5) is 13.4. The quantitative estimate of drug-likeness (QED) is 0.784. The average molecular weight is 264 g/mol. The van der Waals surface area contributed by atoms with E-state index in [1.807, 2.05) is 6.07 Å². The minimum Gasteiger partial charge on any atom is -0.397 e. The number of carbonyl (C=O) groups excluding carboxylic acids is 1. The summed E-state index contributed by atoms with van der Waals surface area (Å²) in [5.41, 5.74) is 11.2. The molecular formula is C13H20N4O2. The lowest BCUT2D eigenvalue weighted by Crippen LogP contribution is -2.40. The number of rotatable bonds is 3. The van der Waals surface area contributed by atoms with Gasteiger partial charge in [-0.05, 0) is 18.2 Å². The number of nitrogens with two attached hydrogens (primary N) is 1. The highest BCUT2D eigenvalue weighted by atomic mass is 16.5. The van der Waals surface area contributed by atoms with E-state index in [0.717, 1.165) is 18.8 Å². The molecule has 0 spiro atoms. The van der Waals surface area contributed by atoms with E-state index in [-0.39, 0.29) is 5.91 Å². The molecule has 0 radical (unpaired) electrons. The van der Waals surface area contributed by atoms with Gasteiger partial charge in [-0.2, -0.15) is 0 Å². The van der Waals surface area contributed by atoms with E-state index >= 15 is 0 Å². The van der Waals surface area contributed by atoms with E-state index in [2.05, 4.69) is 10.4 Å². The lowest BCUT2D eigenvalue weighted by Gasteiger charge is -2.28. The Morgan fingerprint density at radius 2 is 2.05 bits per heavy atom. The minimum absolute atomic E-state index is 0.0513. The van der Waals surface area contributed by atoms with Crippen LogP contribution in [-0.4, -0.2) is 56.2 Å². The summed E-state index contributed by atoms with van der Waals surface area (Å²) in [6.07, 6.45) is 0. The number of morpholine rings is 1. The van der Waals surface area contributed by atoms with Crippen molar-refractivity contribution in [1.29, 1.82) is 0 Å². The molecule has 0 saturated carbocycles. The molecule has 1 aliphatic rings. The molecule has 1 aromatic carbocycles. The second kappa shape index (κ2) is 5.90. The number of benzene rings is 1. The van der Waals surface area contributed by atoms with E-state index < -0.39 is 0 Å². The zero-order valence-electron chi connectivity index (χ0n) is 11.3. The molecule has 0 aromatic heterocycles. The zero-order chi connectivity index (χ0) is 13.8. The molecule has 2 rings (SSSR count). The van der Waals surface area contributed by atoms with Gasteiger partial charge in [0.1, 0.15) is 0 Å². The van der Waals surface area contributed by atoms with Crippen LogP contribution < -0.4 is 11.2 Å². The number of nitrogens with zero attached hydrogens (tertiary/aromatic N) is 2. The smallest absolute Gasteiger partial charge is 0.253 e. The first-order valence-electron chi connectivity index (χ1n) is 6.28. The van der Waals surface area contributed by atoms with Crippen molar-refractivity contribution in [3.05, 3.63) is 23.8 Å². The van der Waals surface area contributed by atoms with Crippen LogP contribution in [-0.2, 0) is 4.74 Å². The third-order valence-electron chi connectivity index (χ3n) is 2.99. The van der Waals surface area contributed by atoms with Crippen molar-refractivity contribution in [2.24, 2.45) is 0 Å². The Hall–Kier alpha value is -1.79. The maximum absolute atomic E-state index is 11.8. The SMILES string of the molecule is CN(C)C(=O)c1ccc(NN2CCOCC2)c(N)c1. The molecule has 1 amide bonds. The fourth-order valence-electron chi connectivity index (χ4n) is 1.90. The Morgan fingerprint density at radius 1 is 1.37 bits per heavy atom. The fourth-order valence-corrected chi connectivity index (χ4v) is 1.90. The minimum atomic E-state index is -0.0513. The molecule has 0 bridgehead atoms. The zero-order valence-corrected chi connectivity index (χ0v) is 11.3. The van der Waals surface area contributed by atoms with Gasteiger partial charge in [-0.15, -0.1) is 0 Å². The summed E-state index contributed by atoms with van der Waals surface area (Å²) < 4.78 is 5.28. The lowest BCUT2D eigenvalue weighted by molar-refractivity contribution is 0.0497. The Bertz CT molecular complexity index is 456. The number of hydrogen-bond acceptors (Lipinski definition) is 5. The number of carbonyl (C=O) groups is 1. The average Bonchev–Trinajstić information content (AvgIpc) is 2.41. The first-order chi connectivity index (χ1) is 9.08. The molecule has 6 heteroatoms. The number of hydrogen-bond donors (Lipinski definition) is 2. The second-order valence-corrected chi connectivity index (χ2v) is 4.71. The Morgan fingerprint density at radius 3 is 2.63 bits per heavy atom. The summed E-state index contributed by atoms with van der Waals surface area (Å²) in [5, 5.41) is 2.06. The molecule has 1 heterocycles. The van der Waals surface area contributed by atoms with Gasteiger partial charge in [0.25, 0.3) is 5.91 Å². The molecule has 1 aromatic rings. The van der Waals surface area contributed by atoms with Crippen LogP contribution in [0.15, 0.2) is 18.2 Å². The molecule has 1 fully saturated rings. The van der Waals surface area contributed by atoms with Crippen molar-refractivity contribution in [3.8, 4) is 0 Å². The maximum atomic E-state index is 11.8. The highest BCUT2D eigenvalue weighted by molar-refractivity contribution is 5.95. The molecule has 1 aliphatic heterocycles. The van der Waals surface area contributed by atoms with Crippen molar-refractivity contribution in [2.45, 2.75) is 0 Å². The van der Waals surface area contributed by atoms with Crippen LogP contribution in [0.2, 0.25) is 0 Å². The summed E-state index contributed by atoms with van der Waals surface area (Å²) >= 11 is 0. The van der Waals surface area contributed by atoms with Crippen LogP contribution in [0.25, 0.3) is 0 Å². The second-order valence-electron chi connectivity index (χ2n) is 4.71. The Labute approximate surface area is 113 Å². The van der Waals surface area contributed by atoms with Crippen molar-refractivity contribution >= 4 is 17.3 Å². The number of hydrazine groups is 1. The highest BCUT2D eigenvalue weighted by Gasteiger charge is 2.13. The van der Waals surface area contributed by atoms with Crippen LogP contribution >= 0.6 is 0 Å². The van der Waals surface area contributed by atoms with Crippen LogP contribution in [0.3, 0.4) is 0 Å². The molecular weight excluding hydrogens is 244 g/mol. The van der Waals surface area contributed by atoms with Gasteiger partial charge in [-0.1, -0.05) is 0 Å². The maximum Gasteiger partial charge on any atom is 0.253 e. The molecule has 0 aliphatic carbocycles. The van der Waals surface area contributed by atoms with Crippen molar-refractivity contribution < 1.29 is 9.53 Å². The normalized spacial score (nSPS) is 16.1. The van der Waals surface area contributed by atoms with Gasteiger partial charge >= 0.3 is 0 Å². The third kappa shape index (κ3) is 3.36. The van der Waals surface area contributed by atoms with Crippen molar-refractivity contribution in [3.63, 3.8) is 0 Å². The van der Waals surface area contributed by atoms with Gasteiger partial charge in [-0.25, -0.2) is 5.01 Å². The number of anilines is 2. The van der Waals surface area contributed by atoms with Crippen LogP contribution in [0.5, 0.6) is 0 Å². The van der Waals surface area contributed by atoms with Crippen LogP contribution in [0.1, 0.15) is 10.4 Å². The topological polar surface area (TPSA) is 70.8 Å². The predicted octanol–water partition coefficient (Wildman–Crippen LogP) is 0.630. The monoisotopic (exact) mass is 264 g/mol. The van der Waals surface area contributed by atoms with Gasteiger partial charge in [-0.3, -0.25) is 4.79 Å². The molecule has 19 heavy (non-hydrogen) atoms. The first kappa shape index (κ1) is 13.6. The van der Waals surface area contributed by atoms with E-state index in [4.69, 9.17) is 10.5 Å². The van der Waals surface area contributed by atoms with Gasteiger partial charge < -0.3 is 20.8 Å². The predicted molar refractivity (Wildman–Crippen MR) is 74.9 cm³/mol. The summed E-state index contributed by atoms with van der Waals surface area (Å²) in [6.45, 7) is 3.06. The van der Waals surface area contributed by atoms with Crippen LogP contribution in [0, 0.1) is 0 Å². The number of amides is 1. The molecule has 3 N–H and O–H groups in total. The molecule has 0 atom stereocenters. The van der Waals surface area contributed by atoms with E-state index in [1.54, 1.807) is 26.2 Å². The number of nitrogens with one attached hydrogen (secondary N) is 1. The lowest BCUT2D eigenvalue weighted by atomic mass is 10.1. The van der Waals surface area contributed by atoms with E-state index in [1.165, 1.54) is 4.90 Å². The molecule has 1 saturated heterocycles. The third-order valence-corrected chi connectivity index (χ3v) is 2.99. The largest absolute Gasteiger partial charge is 0.397 e. The number of ether oxygens (including phenoxy) is 1. The summed E-state index contributed by atoms with van der Waals surface area (Å²) in [6, 6.07) is 5.31. The molecule has 104 valence electrons. The fraction of sp³-hybridized carbons (Fsp3) is 0.462. The molecule has 0 unspecified atom stereocenters. The highest BCUT2D eigenvalue weighted by Crippen LogP contribution is 2.21.